The maximum absolute atomic E-state index is 12.1. The number of para-hydroxylation sites is 3. The fourth-order valence-electron chi connectivity index (χ4n) is 2.20. The summed E-state index contributed by atoms with van der Waals surface area (Å²) in [4.78, 5) is 12.1. The smallest absolute Gasteiger partial charge is 0.225 e. The zero-order chi connectivity index (χ0) is 17.2. The summed E-state index contributed by atoms with van der Waals surface area (Å²) >= 11 is 0. The van der Waals surface area contributed by atoms with Crippen LogP contribution in [0.3, 0.4) is 0 Å². The molecule has 2 N–H and O–H groups in total. The molecule has 0 aliphatic rings. The van der Waals surface area contributed by atoms with Crippen molar-refractivity contribution in [3.05, 3.63) is 54.6 Å². The molecule has 0 saturated heterocycles. The molecule has 0 aliphatic heterocycles. The zero-order valence-electron chi connectivity index (χ0n) is 14.4. The van der Waals surface area contributed by atoms with Gasteiger partial charge in [-0.2, -0.15) is 0 Å². The van der Waals surface area contributed by atoms with Gasteiger partial charge >= 0.3 is 0 Å². The summed E-state index contributed by atoms with van der Waals surface area (Å²) in [6, 6.07) is 17.0. The fraction of sp³-hybridized carbons (Fsp3) is 0.350. The van der Waals surface area contributed by atoms with E-state index < -0.39 is 0 Å². The molecule has 0 bridgehead atoms. The standard InChI is InChI=1S/C20H26N2O2/c1-16(2)12-14-21-15-13-20(23)22-18-10-6-7-11-19(18)24-17-8-4-3-5-9-17/h3-11,16,21H,12-15H2,1-2H3,(H,22,23). The first kappa shape index (κ1) is 18.0. The van der Waals surface area contributed by atoms with Crippen LogP contribution < -0.4 is 15.4 Å². The van der Waals surface area contributed by atoms with Gasteiger partial charge in [-0.05, 0) is 43.1 Å². The van der Waals surface area contributed by atoms with Gasteiger partial charge < -0.3 is 15.4 Å². The van der Waals surface area contributed by atoms with Gasteiger partial charge in [0.05, 0.1) is 5.69 Å². The first-order valence-corrected chi connectivity index (χ1v) is 8.47. The molecule has 2 aromatic rings. The van der Waals surface area contributed by atoms with Crippen LogP contribution in [0.2, 0.25) is 0 Å². The minimum absolute atomic E-state index is 0.0174. The number of rotatable bonds is 9. The number of amides is 1. The van der Waals surface area contributed by atoms with Crippen molar-refractivity contribution in [2.75, 3.05) is 18.4 Å². The monoisotopic (exact) mass is 326 g/mol. The third-order valence-electron chi connectivity index (χ3n) is 3.56. The molecule has 0 radical (unpaired) electrons. The second-order valence-corrected chi connectivity index (χ2v) is 6.14. The molecule has 0 spiro atoms. The second-order valence-electron chi connectivity index (χ2n) is 6.14. The lowest BCUT2D eigenvalue weighted by atomic mass is 10.1. The molecule has 1 amide bonds. The Morgan fingerprint density at radius 2 is 1.71 bits per heavy atom. The van der Waals surface area contributed by atoms with Gasteiger partial charge in [0.15, 0.2) is 5.75 Å². The van der Waals surface area contributed by atoms with E-state index in [1.807, 2.05) is 54.6 Å². The summed E-state index contributed by atoms with van der Waals surface area (Å²) < 4.78 is 5.85. The zero-order valence-corrected chi connectivity index (χ0v) is 14.4. The van der Waals surface area contributed by atoms with Gasteiger partial charge in [0.25, 0.3) is 0 Å². The molecule has 0 saturated carbocycles. The highest BCUT2D eigenvalue weighted by molar-refractivity contribution is 5.92. The van der Waals surface area contributed by atoms with Crippen molar-refractivity contribution in [2.24, 2.45) is 5.92 Å². The van der Waals surface area contributed by atoms with Crippen LogP contribution in [0.25, 0.3) is 0 Å². The molecular formula is C20H26N2O2. The van der Waals surface area contributed by atoms with Crippen molar-refractivity contribution in [3.63, 3.8) is 0 Å². The van der Waals surface area contributed by atoms with E-state index in [9.17, 15) is 4.79 Å². The van der Waals surface area contributed by atoms with Crippen molar-refractivity contribution < 1.29 is 9.53 Å². The van der Waals surface area contributed by atoms with E-state index >= 15 is 0 Å². The van der Waals surface area contributed by atoms with Crippen molar-refractivity contribution in [2.45, 2.75) is 26.7 Å². The summed E-state index contributed by atoms with van der Waals surface area (Å²) in [6.07, 6.45) is 1.56. The van der Waals surface area contributed by atoms with E-state index in [4.69, 9.17) is 4.74 Å². The van der Waals surface area contributed by atoms with Crippen molar-refractivity contribution in [1.29, 1.82) is 0 Å². The number of carbonyl (C=O) groups excluding carboxylic acids is 1. The van der Waals surface area contributed by atoms with Gasteiger partial charge in [-0.1, -0.05) is 44.2 Å². The Hall–Kier alpha value is -2.33. The Morgan fingerprint density at radius 1 is 1.00 bits per heavy atom. The summed E-state index contributed by atoms with van der Waals surface area (Å²) in [5.41, 5.74) is 0.688. The van der Waals surface area contributed by atoms with Crippen LogP contribution >= 0.6 is 0 Å². The summed E-state index contributed by atoms with van der Waals surface area (Å²) in [5.74, 6) is 2.05. The third kappa shape index (κ3) is 6.42. The number of anilines is 1. The molecule has 128 valence electrons. The average Bonchev–Trinajstić information content (AvgIpc) is 2.57. The van der Waals surface area contributed by atoms with Gasteiger partial charge in [-0.3, -0.25) is 4.79 Å². The van der Waals surface area contributed by atoms with Crippen LogP contribution in [0.4, 0.5) is 5.69 Å². The Labute approximate surface area is 144 Å². The van der Waals surface area contributed by atoms with Gasteiger partial charge in [0.2, 0.25) is 5.91 Å². The molecule has 0 atom stereocenters. The molecule has 2 rings (SSSR count). The molecule has 4 nitrogen and oxygen atoms in total. The molecule has 24 heavy (non-hydrogen) atoms. The van der Waals surface area contributed by atoms with E-state index in [0.717, 1.165) is 18.7 Å². The topological polar surface area (TPSA) is 50.4 Å². The Balaban J connectivity index is 1.84. The lowest BCUT2D eigenvalue weighted by molar-refractivity contribution is -0.116. The number of carbonyl (C=O) groups is 1. The number of benzene rings is 2. The number of ether oxygens (including phenoxy) is 1. The van der Waals surface area contributed by atoms with Gasteiger partial charge in [0.1, 0.15) is 5.75 Å². The van der Waals surface area contributed by atoms with Gasteiger partial charge in [0, 0.05) is 13.0 Å². The van der Waals surface area contributed by atoms with Gasteiger partial charge in [-0.15, -0.1) is 0 Å². The van der Waals surface area contributed by atoms with Crippen LogP contribution in [0, 0.1) is 5.92 Å². The second kappa shape index (κ2) is 9.73. The predicted octanol–water partition coefficient (Wildman–Crippen LogP) is 4.44. The highest BCUT2D eigenvalue weighted by Gasteiger charge is 2.08. The highest BCUT2D eigenvalue weighted by atomic mass is 16.5. The minimum Gasteiger partial charge on any atom is -0.455 e. The molecule has 0 aromatic heterocycles. The van der Waals surface area contributed by atoms with Crippen molar-refractivity contribution >= 4 is 11.6 Å². The molecule has 0 fully saturated rings. The molecule has 2 aromatic carbocycles. The lowest BCUT2D eigenvalue weighted by Crippen LogP contribution is -2.23. The SMILES string of the molecule is CC(C)CCNCCC(=O)Nc1ccccc1Oc1ccccc1. The van der Waals surface area contributed by atoms with Crippen LogP contribution in [0.15, 0.2) is 54.6 Å². The van der Waals surface area contributed by atoms with Crippen LogP contribution in [0.1, 0.15) is 26.7 Å². The van der Waals surface area contributed by atoms with Crippen LogP contribution in [-0.4, -0.2) is 19.0 Å². The number of nitrogens with one attached hydrogen (secondary N) is 2. The van der Waals surface area contributed by atoms with E-state index in [1.165, 1.54) is 0 Å². The Morgan fingerprint density at radius 3 is 2.46 bits per heavy atom. The third-order valence-corrected chi connectivity index (χ3v) is 3.56. The maximum atomic E-state index is 12.1. The summed E-state index contributed by atoms with van der Waals surface area (Å²) in [6.45, 7) is 6.01. The predicted molar refractivity (Wildman–Crippen MR) is 98.5 cm³/mol. The number of hydrogen-bond donors (Lipinski definition) is 2. The van der Waals surface area contributed by atoms with Crippen molar-refractivity contribution in [3.8, 4) is 11.5 Å². The fourth-order valence-corrected chi connectivity index (χ4v) is 2.20. The molecule has 0 aliphatic carbocycles. The Kier molecular flexibility index (Phi) is 7.30. The quantitative estimate of drug-likeness (QED) is 0.670. The van der Waals surface area contributed by atoms with E-state index in [1.54, 1.807) is 0 Å². The highest BCUT2D eigenvalue weighted by Crippen LogP contribution is 2.29. The van der Waals surface area contributed by atoms with E-state index in [-0.39, 0.29) is 5.91 Å². The molecule has 4 heteroatoms. The van der Waals surface area contributed by atoms with Crippen LogP contribution in [0.5, 0.6) is 11.5 Å². The molecule has 0 unspecified atom stereocenters. The normalized spacial score (nSPS) is 10.6. The van der Waals surface area contributed by atoms with E-state index in [0.29, 0.717) is 30.3 Å². The van der Waals surface area contributed by atoms with Gasteiger partial charge in [-0.25, -0.2) is 0 Å². The first-order chi connectivity index (χ1) is 11.6. The van der Waals surface area contributed by atoms with Crippen LogP contribution in [-0.2, 0) is 4.79 Å². The number of hydrogen-bond acceptors (Lipinski definition) is 3. The lowest BCUT2D eigenvalue weighted by Gasteiger charge is -2.12. The maximum Gasteiger partial charge on any atom is 0.225 e. The molecule has 0 heterocycles. The summed E-state index contributed by atoms with van der Waals surface area (Å²) in [5, 5.41) is 6.22. The summed E-state index contributed by atoms with van der Waals surface area (Å²) in [7, 11) is 0. The largest absolute Gasteiger partial charge is 0.455 e. The first-order valence-electron chi connectivity index (χ1n) is 8.47. The minimum atomic E-state index is -0.0174. The average molecular weight is 326 g/mol. The van der Waals surface area contributed by atoms with Crippen molar-refractivity contribution in [1.82, 2.24) is 5.32 Å². The Bertz CT molecular complexity index is 627. The molecular weight excluding hydrogens is 300 g/mol. The van der Waals surface area contributed by atoms with E-state index in [2.05, 4.69) is 24.5 Å².